The highest BCUT2D eigenvalue weighted by Gasteiger charge is 2.19. The van der Waals surface area contributed by atoms with Crippen LogP contribution >= 0.6 is 0 Å². The zero-order chi connectivity index (χ0) is 18.9. The van der Waals surface area contributed by atoms with Crippen molar-refractivity contribution in [3.8, 4) is 11.5 Å². The second-order valence-corrected chi connectivity index (χ2v) is 5.78. The van der Waals surface area contributed by atoms with Crippen LogP contribution in [0.4, 0.5) is 0 Å². The molecule has 2 aromatic rings. The van der Waals surface area contributed by atoms with Crippen molar-refractivity contribution < 1.29 is 24.2 Å². The number of carboxylic acid groups (broad SMARTS) is 1. The Morgan fingerprint density at radius 1 is 1.00 bits per heavy atom. The first-order chi connectivity index (χ1) is 12.5. The van der Waals surface area contributed by atoms with E-state index in [0.717, 1.165) is 5.56 Å². The summed E-state index contributed by atoms with van der Waals surface area (Å²) in [5.41, 5.74) is 1.52. The van der Waals surface area contributed by atoms with Gasteiger partial charge < -0.3 is 19.9 Å². The molecule has 1 atom stereocenters. The number of rotatable bonds is 9. The number of ether oxygens (including phenoxy) is 2. The van der Waals surface area contributed by atoms with Gasteiger partial charge in [-0.3, -0.25) is 9.59 Å². The summed E-state index contributed by atoms with van der Waals surface area (Å²) in [4.78, 5) is 23.5. The molecule has 0 radical (unpaired) electrons. The highest BCUT2D eigenvalue weighted by molar-refractivity contribution is 5.81. The van der Waals surface area contributed by atoms with Crippen molar-refractivity contribution in [2.75, 3.05) is 14.2 Å². The van der Waals surface area contributed by atoms with Crippen LogP contribution in [0.1, 0.15) is 30.0 Å². The third-order valence-electron chi connectivity index (χ3n) is 4.05. The van der Waals surface area contributed by atoms with E-state index in [1.807, 2.05) is 30.3 Å². The lowest BCUT2D eigenvalue weighted by Crippen LogP contribution is -2.30. The predicted molar refractivity (Wildman–Crippen MR) is 97.4 cm³/mol. The summed E-state index contributed by atoms with van der Waals surface area (Å²) in [6.07, 6.45) is 0.357. The van der Waals surface area contributed by atoms with Crippen LogP contribution in [0.2, 0.25) is 0 Å². The van der Waals surface area contributed by atoms with Crippen LogP contribution in [-0.4, -0.2) is 31.2 Å². The van der Waals surface area contributed by atoms with E-state index in [4.69, 9.17) is 14.6 Å². The minimum Gasteiger partial charge on any atom is -0.496 e. The third-order valence-corrected chi connectivity index (χ3v) is 4.05. The van der Waals surface area contributed by atoms with Crippen molar-refractivity contribution in [1.82, 2.24) is 5.32 Å². The van der Waals surface area contributed by atoms with Gasteiger partial charge in [0.2, 0.25) is 5.91 Å². The molecule has 1 unspecified atom stereocenters. The lowest BCUT2D eigenvalue weighted by atomic mass is 10.0. The fraction of sp³-hybridized carbons (Fsp3) is 0.300. The number of nitrogens with one attached hydrogen (secondary N) is 1. The van der Waals surface area contributed by atoms with Gasteiger partial charge in [-0.05, 0) is 24.1 Å². The molecule has 1 amide bonds. The van der Waals surface area contributed by atoms with Crippen molar-refractivity contribution in [2.45, 2.75) is 25.3 Å². The van der Waals surface area contributed by atoms with Crippen LogP contribution < -0.4 is 14.8 Å². The minimum atomic E-state index is -0.897. The first kappa shape index (κ1) is 19.3. The van der Waals surface area contributed by atoms with Gasteiger partial charge in [-0.25, -0.2) is 0 Å². The van der Waals surface area contributed by atoms with E-state index < -0.39 is 5.97 Å². The topological polar surface area (TPSA) is 84.9 Å². The van der Waals surface area contributed by atoms with Gasteiger partial charge in [0.1, 0.15) is 11.5 Å². The largest absolute Gasteiger partial charge is 0.496 e. The van der Waals surface area contributed by atoms with E-state index in [1.165, 1.54) is 14.2 Å². The number of carbonyl (C=O) groups excluding carboxylic acids is 1. The first-order valence-electron chi connectivity index (χ1n) is 8.31. The Bertz CT molecular complexity index is 723. The van der Waals surface area contributed by atoms with Gasteiger partial charge in [-0.1, -0.05) is 36.4 Å². The molecule has 0 heterocycles. The normalized spacial score (nSPS) is 11.5. The molecule has 0 saturated carbocycles. The number of hydrogen-bond donors (Lipinski definition) is 2. The lowest BCUT2D eigenvalue weighted by Gasteiger charge is -2.19. The van der Waals surface area contributed by atoms with Crippen molar-refractivity contribution in [3.63, 3.8) is 0 Å². The number of aliphatic carboxylic acids is 1. The average Bonchev–Trinajstić information content (AvgIpc) is 2.65. The van der Waals surface area contributed by atoms with E-state index in [-0.39, 0.29) is 24.8 Å². The van der Waals surface area contributed by atoms with E-state index in [9.17, 15) is 9.59 Å². The fourth-order valence-corrected chi connectivity index (χ4v) is 2.78. The Morgan fingerprint density at radius 3 is 2.15 bits per heavy atom. The van der Waals surface area contributed by atoms with Gasteiger partial charge >= 0.3 is 5.97 Å². The second kappa shape index (κ2) is 9.46. The molecule has 26 heavy (non-hydrogen) atoms. The molecule has 0 aliphatic rings. The molecule has 138 valence electrons. The summed E-state index contributed by atoms with van der Waals surface area (Å²) >= 11 is 0. The van der Waals surface area contributed by atoms with Crippen molar-refractivity contribution in [2.24, 2.45) is 0 Å². The molecule has 2 N–H and O–H groups in total. The molecule has 2 rings (SSSR count). The maximum absolute atomic E-state index is 12.6. The smallest absolute Gasteiger partial charge is 0.303 e. The Labute approximate surface area is 152 Å². The van der Waals surface area contributed by atoms with Crippen LogP contribution in [0.5, 0.6) is 11.5 Å². The second-order valence-electron chi connectivity index (χ2n) is 5.78. The number of amides is 1. The fourth-order valence-electron chi connectivity index (χ4n) is 2.78. The van der Waals surface area contributed by atoms with E-state index in [1.54, 1.807) is 18.2 Å². The molecular weight excluding hydrogens is 334 g/mol. The maximum Gasteiger partial charge on any atom is 0.303 e. The summed E-state index contributed by atoms with van der Waals surface area (Å²) < 4.78 is 10.6. The standard InChI is InChI=1S/C20H23NO5/c1-25-17-9-6-10-18(26-2)15(17)13-19(22)21-16(11-12-20(23)24)14-7-4-3-5-8-14/h3-10,16H,11-13H2,1-2H3,(H,21,22)(H,23,24). The number of methoxy groups -OCH3 is 2. The monoisotopic (exact) mass is 357 g/mol. The van der Waals surface area contributed by atoms with Gasteiger partial charge in [-0.2, -0.15) is 0 Å². The van der Waals surface area contributed by atoms with Crippen LogP contribution in [-0.2, 0) is 16.0 Å². The first-order valence-corrected chi connectivity index (χ1v) is 8.31. The molecule has 0 saturated heterocycles. The summed E-state index contributed by atoms with van der Waals surface area (Å²) in [7, 11) is 3.08. The Hall–Kier alpha value is -3.02. The summed E-state index contributed by atoms with van der Waals surface area (Å²) in [5, 5.41) is 11.9. The number of hydrogen-bond acceptors (Lipinski definition) is 4. The number of carboxylic acids is 1. The zero-order valence-corrected chi connectivity index (χ0v) is 14.9. The third kappa shape index (κ3) is 5.24. The molecule has 0 bridgehead atoms. The van der Waals surface area contributed by atoms with E-state index in [0.29, 0.717) is 23.5 Å². The summed E-state index contributed by atoms with van der Waals surface area (Å²) in [6, 6.07) is 14.3. The van der Waals surface area contributed by atoms with Gasteiger partial charge in [0.25, 0.3) is 0 Å². The van der Waals surface area contributed by atoms with Gasteiger partial charge in [-0.15, -0.1) is 0 Å². The predicted octanol–water partition coefficient (Wildman–Crippen LogP) is 2.97. The molecule has 6 nitrogen and oxygen atoms in total. The van der Waals surface area contributed by atoms with Crippen LogP contribution in [0.15, 0.2) is 48.5 Å². The molecule has 0 aliphatic heterocycles. The van der Waals surface area contributed by atoms with E-state index in [2.05, 4.69) is 5.32 Å². The van der Waals surface area contributed by atoms with Crippen molar-refractivity contribution in [1.29, 1.82) is 0 Å². The van der Waals surface area contributed by atoms with Gasteiger partial charge in [0, 0.05) is 12.0 Å². The lowest BCUT2D eigenvalue weighted by molar-refractivity contribution is -0.137. The van der Waals surface area contributed by atoms with Crippen molar-refractivity contribution in [3.05, 3.63) is 59.7 Å². The maximum atomic E-state index is 12.6. The van der Waals surface area contributed by atoms with Crippen LogP contribution in [0.3, 0.4) is 0 Å². The Morgan fingerprint density at radius 2 is 1.62 bits per heavy atom. The average molecular weight is 357 g/mol. The van der Waals surface area contributed by atoms with Gasteiger partial charge in [0.05, 0.1) is 26.7 Å². The highest BCUT2D eigenvalue weighted by atomic mass is 16.5. The molecule has 2 aromatic carbocycles. The molecule has 0 spiro atoms. The Balaban J connectivity index is 2.16. The zero-order valence-electron chi connectivity index (χ0n) is 14.9. The molecule has 6 heteroatoms. The molecule has 0 aliphatic carbocycles. The SMILES string of the molecule is COc1cccc(OC)c1CC(=O)NC(CCC(=O)O)c1ccccc1. The summed E-state index contributed by atoms with van der Waals surface area (Å²) in [5.74, 6) is 0.0150. The molecule has 0 fully saturated rings. The molecule has 0 aromatic heterocycles. The van der Waals surface area contributed by atoms with Crippen LogP contribution in [0, 0.1) is 0 Å². The Kier molecular flexibility index (Phi) is 7.02. The van der Waals surface area contributed by atoms with E-state index >= 15 is 0 Å². The van der Waals surface area contributed by atoms with Crippen LogP contribution in [0.25, 0.3) is 0 Å². The van der Waals surface area contributed by atoms with Crippen molar-refractivity contribution >= 4 is 11.9 Å². The molecular formula is C20H23NO5. The van der Waals surface area contributed by atoms with Gasteiger partial charge in [0.15, 0.2) is 0 Å². The number of carbonyl (C=O) groups is 2. The summed E-state index contributed by atoms with van der Waals surface area (Å²) in [6.45, 7) is 0. The minimum absolute atomic E-state index is 0.0299. The highest BCUT2D eigenvalue weighted by Crippen LogP contribution is 2.29. The number of benzene rings is 2. The quantitative estimate of drug-likeness (QED) is 0.721.